The fourth-order valence-corrected chi connectivity index (χ4v) is 3.02. The van der Waals surface area contributed by atoms with Crippen LogP contribution in [0.5, 0.6) is 0 Å². The number of fused-ring (bicyclic) bond motifs is 1. The van der Waals surface area contributed by atoms with Crippen molar-refractivity contribution in [3.8, 4) is 0 Å². The van der Waals surface area contributed by atoms with Gasteiger partial charge in [-0.3, -0.25) is 0 Å². The maximum atomic E-state index is 5.49. The second-order valence-electron chi connectivity index (χ2n) is 7.96. The Bertz CT molecular complexity index is 678. The molecule has 5 heteroatoms. The highest BCUT2D eigenvalue weighted by molar-refractivity contribution is 5.70. The molecule has 0 atom stereocenters. The van der Waals surface area contributed by atoms with E-state index in [-0.39, 0.29) is 5.41 Å². The van der Waals surface area contributed by atoms with Crippen LogP contribution in [0.4, 0.5) is 5.82 Å². The highest BCUT2D eigenvalue weighted by atomic mass is 16.5. The summed E-state index contributed by atoms with van der Waals surface area (Å²) < 4.78 is 7.51. The zero-order valence-electron chi connectivity index (χ0n) is 15.0. The lowest BCUT2D eigenvalue weighted by Gasteiger charge is -2.28. The number of hydrogen-bond acceptors (Lipinski definition) is 4. The van der Waals surface area contributed by atoms with Crippen LogP contribution in [0.25, 0.3) is 5.52 Å². The van der Waals surface area contributed by atoms with Crippen LogP contribution in [-0.4, -0.2) is 40.9 Å². The maximum absolute atomic E-state index is 5.49. The minimum Gasteiger partial charge on any atom is -0.378 e. The van der Waals surface area contributed by atoms with Gasteiger partial charge in [0.2, 0.25) is 0 Å². The number of ether oxygens (including phenoxy) is 1. The molecule has 126 valence electrons. The Hall–Kier alpha value is -1.62. The quantitative estimate of drug-likeness (QED) is 0.871. The summed E-state index contributed by atoms with van der Waals surface area (Å²) in [5.41, 5.74) is 2.69. The van der Waals surface area contributed by atoms with Crippen LogP contribution in [-0.2, 0) is 11.2 Å². The molecule has 2 aromatic heterocycles. The third-order valence-corrected chi connectivity index (χ3v) is 4.08. The summed E-state index contributed by atoms with van der Waals surface area (Å²) in [6.07, 6.45) is 3.20. The van der Waals surface area contributed by atoms with Crippen molar-refractivity contribution in [3.63, 3.8) is 0 Å². The van der Waals surface area contributed by atoms with Crippen molar-refractivity contribution in [3.05, 3.63) is 23.7 Å². The van der Waals surface area contributed by atoms with Crippen LogP contribution in [0.2, 0.25) is 0 Å². The molecule has 0 spiro atoms. The molecule has 5 nitrogen and oxygen atoms in total. The molecule has 1 aliphatic heterocycles. The lowest BCUT2D eigenvalue weighted by molar-refractivity contribution is 0.122. The molecule has 1 saturated heterocycles. The standard InChI is InChI=1S/C18H28N4O/c1-13(2)16-19-17(21-6-8-23-9-7-21)15-10-14(11-18(3,4)5)12-22(15)20-16/h10,12-13H,6-9,11H2,1-5H3. The Morgan fingerprint density at radius 3 is 2.52 bits per heavy atom. The summed E-state index contributed by atoms with van der Waals surface area (Å²) >= 11 is 0. The van der Waals surface area contributed by atoms with E-state index in [1.54, 1.807) is 0 Å². The van der Waals surface area contributed by atoms with Crippen LogP contribution >= 0.6 is 0 Å². The Balaban J connectivity index is 2.07. The normalized spacial score (nSPS) is 16.5. The lowest BCUT2D eigenvalue weighted by atomic mass is 9.89. The van der Waals surface area contributed by atoms with E-state index in [0.717, 1.165) is 49.9 Å². The van der Waals surface area contributed by atoms with Gasteiger partial charge in [-0.25, -0.2) is 9.50 Å². The first-order valence-electron chi connectivity index (χ1n) is 8.55. The highest BCUT2D eigenvalue weighted by Crippen LogP contribution is 2.27. The maximum Gasteiger partial charge on any atom is 0.157 e. The van der Waals surface area contributed by atoms with Gasteiger partial charge in [-0.2, -0.15) is 5.10 Å². The van der Waals surface area contributed by atoms with Gasteiger partial charge in [0.15, 0.2) is 11.6 Å². The summed E-state index contributed by atoms with van der Waals surface area (Å²) in [7, 11) is 0. The third kappa shape index (κ3) is 3.66. The molecule has 0 aliphatic carbocycles. The number of morpholine rings is 1. The van der Waals surface area contributed by atoms with Crippen molar-refractivity contribution in [2.75, 3.05) is 31.2 Å². The third-order valence-electron chi connectivity index (χ3n) is 4.08. The molecule has 2 aromatic rings. The number of hydrogen-bond donors (Lipinski definition) is 0. The predicted octanol–water partition coefficient (Wildman–Crippen LogP) is 3.28. The fourth-order valence-electron chi connectivity index (χ4n) is 3.02. The number of rotatable bonds is 3. The molecule has 0 saturated carbocycles. The molecule has 23 heavy (non-hydrogen) atoms. The van der Waals surface area contributed by atoms with E-state index in [1.807, 2.05) is 4.52 Å². The molecule has 0 radical (unpaired) electrons. The van der Waals surface area contributed by atoms with Crippen molar-refractivity contribution in [2.45, 2.75) is 47.0 Å². The molecule has 0 bridgehead atoms. The second kappa shape index (κ2) is 6.11. The van der Waals surface area contributed by atoms with Crippen molar-refractivity contribution >= 4 is 11.3 Å². The fraction of sp³-hybridized carbons (Fsp3) is 0.667. The molecule has 3 rings (SSSR count). The van der Waals surface area contributed by atoms with Crippen molar-refractivity contribution in [1.82, 2.24) is 14.6 Å². The molecule has 0 aromatic carbocycles. The summed E-state index contributed by atoms with van der Waals surface area (Å²) in [4.78, 5) is 7.20. The molecular formula is C18H28N4O. The van der Waals surface area contributed by atoms with Gasteiger partial charge in [0.05, 0.1) is 13.2 Å². The van der Waals surface area contributed by atoms with Gasteiger partial charge >= 0.3 is 0 Å². The summed E-state index contributed by atoms with van der Waals surface area (Å²) in [5, 5.41) is 4.73. The van der Waals surface area contributed by atoms with Gasteiger partial charge in [0.1, 0.15) is 5.52 Å². The second-order valence-corrected chi connectivity index (χ2v) is 7.96. The summed E-state index contributed by atoms with van der Waals surface area (Å²) in [6, 6.07) is 2.25. The molecule has 0 unspecified atom stereocenters. The Labute approximate surface area is 138 Å². The van der Waals surface area contributed by atoms with Gasteiger partial charge in [-0.15, -0.1) is 0 Å². The van der Waals surface area contributed by atoms with E-state index >= 15 is 0 Å². The first-order valence-corrected chi connectivity index (χ1v) is 8.55. The first kappa shape index (κ1) is 16.2. The predicted molar refractivity (Wildman–Crippen MR) is 93.3 cm³/mol. The van der Waals surface area contributed by atoms with Crippen molar-refractivity contribution < 1.29 is 4.74 Å². The Kier molecular flexibility index (Phi) is 4.32. The topological polar surface area (TPSA) is 42.7 Å². The number of aromatic nitrogens is 3. The Morgan fingerprint density at radius 2 is 1.91 bits per heavy atom. The molecule has 0 amide bonds. The smallest absolute Gasteiger partial charge is 0.157 e. The average Bonchev–Trinajstić information content (AvgIpc) is 2.86. The SMILES string of the molecule is CC(C)c1nc(N2CCOCC2)c2cc(CC(C)(C)C)cn2n1. The highest BCUT2D eigenvalue weighted by Gasteiger charge is 2.20. The van der Waals surface area contributed by atoms with E-state index in [1.165, 1.54) is 5.56 Å². The van der Waals surface area contributed by atoms with Gasteiger partial charge in [0.25, 0.3) is 0 Å². The van der Waals surface area contributed by atoms with Crippen LogP contribution in [0.1, 0.15) is 51.9 Å². The molecule has 1 aliphatic rings. The van der Waals surface area contributed by atoms with E-state index in [0.29, 0.717) is 5.92 Å². The molecule has 3 heterocycles. The monoisotopic (exact) mass is 316 g/mol. The summed E-state index contributed by atoms with van der Waals surface area (Å²) in [6.45, 7) is 14.4. The van der Waals surface area contributed by atoms with E-state index in [9.17, 15) is 0 Å². The zero-order chi connectivity index (χ0) is 16.6. The molecule has 1 fully saturated rings. The van der Waals surface area contributed by atoms with Crippen LogP contribution in [0.3, 0.4) is 0 Å². The first-order chi connectivity index (χ1) is 10.8. The number of anilines is 1. The molecule has 0 N–H and O–H groups in total. The Morgan fingerprint density at radius 1 is 1.22 bits per heavy atom. The van der Waals surface area contributed by atoms with Gasteiger partial charge in [-0.1, -0.05) is 34.6 Å². The van der Waals surface area contributed by atoms with Crippen LogP contribution < -0.4 is 4.90 Å². The van der Waals surface area contributed by atoms with E-state index in [4.69, 9.17) is 14.8 Å². The lowest BCUT2D eigenvalue weighted by Crippen LogP contribution is -2.37. The van der Waals surface area contributed by atoms with Crippen LogP contribution in [0.15, 0.2) is 12.3 Å². The van der Waals surface area contributed by atoms with Crippen molar-refractivity contribution in [1.29, 1.82) is 0 Å². The van der Waals surface area contributed by atoms with Crippen LogP contribution in [0, 0.1) is 5.41 Å². The largest absolute Gasteiger partial charge is 0.378 e. The van der Waals surface area contributed by atoms with Crippen molar-refractivity contribution in [2.24, 2.45) is 5.41 Å². The van der Waals surface area contributed by atoms with Gasteiger partial charge < -0.3 is 9.64 Å². The molecular weight excluding hydrogens is 288 g/mol. The minimum atomic E-state index is 0.262. The van der Waals surface area contributed by atoms with Gasteiger partial charge in [-0.05, 0) is 23.5 Å². The average molecular weight is 316 g/mol. The van der Waals surface area contributed by atoms with Gasteiger partial charge in [0, 0.05) is 25.2 Å². The number of nitrogens with zero attached hydrogens (tertiary/aromatic N) is 4. The van der Waals surface area contributed by atoms with E-state index in [2.05, 4.69) is 51.8 Å². The minimum absolute atomic E-state index is 0.262. The summed E-state index contributed by atoms with van der Waals surface area (Å²) in [5.74, 6) is 2.26. The van der Waals surface area contributed by atoms with E-state index < -0.39 is 0 Å². The zero-order valence-corrected chi connectivity index (χ0v) is 15.0.